The minimum Gasteiger partial charge on any atom is -0.385 e. The standard InChI is InChI=1S/C13H22N2/c1-3-12-8-4-5-9-13(12)15-10-6-7-11(2)14/h4-5,8-9,11,15H,3,6-7,10,14H2,1-2H3. The van der Waals surface area contributed by atoms with Crippen molar-refractivity contribution in [2.75, 3.05) is 11.9 Å². The second-order valence-corrected chi connectivity index (χ2v) is 4.06. The van der Waals surface area contributed by atoms with E-state index >= 15 is 0 Å². The Morgan fingerprint density at radius 2 is 2.07 bits per heavy atom. The first-order chi connectivity index (χ1) is 7.24. The zero-order valence-corrected chi connectivity index (χ0v) is 9.79. The lowest BCUT2D eigenvalue weighted by molar-refractivity contribution is 0.639. The van der Waals surface area contributed by atoms with E-state index in [1.165, 1.54) is 11.3 Å². The molecule has 0 aliphatic heterocycles. The third kappa shape index (κ3) is 4.34. The molecule has 15 heavy (non-hydrogen) atoms. The van der Waals surface area contributed by atoms with Gasteiger partial charge >= 0.3 is 0 Å². The van der Waals surface area contributed by atoms with Gasteiger partial charge in [-0.3, -0.25) is 0 Å². The summed E-state index contributed by atoms with van der Waals surface area (Å²) in [6.45, 7) is 5.25. The number of rotatable bonds is 6. The summed E-state index contributed by atoms with van der Waals surface area (Å²) in [5, 5.41) is 3.46. The fourth-order valence-electron chi connectivity index (χ4n) is 1.65. The van der Waals surface area contributed by atoms with Crippen molar-refractivity contribution in [1.29, 1.82) is 0 Å². The molecule has 0 bridgehead atoms. The van der Waals surface area contributed by atoms with Crippen molar-refractivity contribution in [3.05, 3.63) is 29.8 Å². The van der Waals surface area contributed by atoms with Gasteiger partial charge in [0.15, 0.2) is 0 Å². The fourth-order valence-corrected chi connectivity index (χ4v) is 1.65. The van der Waals surface area contributed by atoms with E-state index < -0.39 is 0 Å². The van der Waals surface area contributed by atoms with Gasteiger partial charge in [0, 0.05) is 18.3 Å². The van der Waals surface area contributed by atoms with Gasteiger partial charge < -0.3 is 11.1 Å². The topological polar surface area (TPSA) is 38.0 Å². The minimum atomic E-state index is 0.313. The van der Waals surface area contributed by atoms with E-state index in [1.807, 2.05) is 0 Å². The van der Waals surface area contributed by atoms with Gasteiger partial charge in [-0.25, -0.2) is 0 Å². The van der Waals surface area contributed by atoms with Crippen LogP contribution in [0.3, 0.4) is 0 Å². The molecule has 0 amide bonds. The van der Waals surface area contributed by atoms with Crippen LogP contribution in [0.1, 0.15) is 32.3 Å². The molecular formula is C13H22N2. The highest BCUT2D eigenvalue weighted by Crippen LogP contribution is 2.15. The van der Waals surface area contributed by atoms with Crippen molar-refractivity contribution in [1.82, 2.24) is 0 Å². The molecule has 0 spiro atoms. The molecule has 0 aliphatic carbocycles. The van der Waals surface area contributed by atoms with Crippen molar-refractivity contribution in [2.24, 2.45) is 5.73 Å². The van der Waals surface area contributed by atoms with Gasteiger partial charge in [-0.1, -0.05) is 25.1 Å². The summed E-state index contributed by atoms with van der Waals surface area (Å²) < 4.78 is 0. The molecule has 0 fully saturated rings. The first-order valence-electron chi connectivity index (χ1n) is 5.81. The van der Waals surface area contributed by atoms with Crippen molar-refractivity contribution >= 4 is 5.69 Å². The van der Waals surface area contributed by atoms with E-state index in [2.05, 4.69) is 43.4 Å². The molecule has 2 heteroatoms. The Bertz CT molecular complexity index is 282. The van der Waals surface area contributed by atoms with Crippen LogP contribution in [0, 0.1) is 0 Å². The summed E-state index contributed by atoms with van der Waals surface area (Å²) in [5.41, 5.74) is 8.36. The van der Waals surface area contributed by atoms with Gasteiger partial charge in [-0.05, 0) is 37.8 Å². The number of anilines is 1. The van der Waals surface area contributed by atoms with Crippen molar-refractivity contribution in [3.8, 4) is 0 Å². The van der Waals surface area contributed by atoms with E-state index in [0.29, 0.717) is 6.04 Å². The maximum absolute atomic E-state index is 5.70. The van der Waals surface area contributed by atoms with Crippen LogP contribution in [0.25, 0.3) is 0 Å². The quantitative estimate of drug-likeness (QED) is 0.702. The summed E-state index contributed by atoms with van der Waals surface area (Å²) in [6.07, 6.45) is 3.30. The number of nitrogens with two attached hydrogens (primary N) is 1. The molecule has 1 aromatic carbocycles. The van der Waals surface area contributed by atoms with Gasteiger partial charge in [0.2, 0.25) is 0 Å². The summed E-state index contributed by atoms with van der Waals surface area (Å²) >= 11 is 0. The predicted molar refractivity (Wildman–Crippen MR) is 67.2 cm³/mol. The smallest absolute Gasteiger partial charge is 0.0372 e. The monoisotopic (exact) mass is 206 g/mol. The van der Waals surface area contributed by atoms with Gasteiger partial charge in [-0.15, -0.1) is 0 Å². The minimum absolute atomic E-state index is 0.313. The van der Waals surface area contributed by atoms with Gasteiger partial charge in [0.05, 0.1) is 0 Å². The molecule has 1 unspecified atom stereocenters. The highest BCUT2D eigenvalue weighted by atomic mass is 14.9. The molecule has 0 heterocycles. The molecule has 1 aromatic rings. The molecule has 0 aliphatic rings. The molecule has 0 radical (unpaired) electrons. The van der Waals surface area contributed by atoms with Gasteiger partial charge in [0.25, 0.3) is 0 Å². The Hall–Kier alpha value is -1.02. The van der Waals surface area contributed by atoms with Crippen LogP contribution in [-0.2, 0) is 6.42 Å². The molecule has 0 saturated heterocycles. The maximum Gasteiger partial charge on any atom is 0.0372 e. The number of nitrogens with one attached hydrogen (secondary N) is 1. The van der Waals surface area contributed by atoms with Crippen molar-refractivity contribution in [2.45, 2.75) is 39.2 Å². The lowest BCUT2D eigenvalue weighted by Crippen LogP contribution is -2.16. The number of hydrogen-bond donors (Lipinski definition) is 2. The maximum atomic E-state index is 5.70. The van der Waals surface area contributed by atoms with E-state index in [4.69, 9.17) is 5.73 Å². The summed E-state index contributed by atoms with van der Waals surface area (Å²) in [4.78, 5) is 0. The van der Waals surface area contributed by atoms with Crippen LogP contribution < -0.4 is 11.1 Å². The normalized spacial score (nSPS) is 12.5. The number of para-hydroxylation sites is 1. The second kappa shape index (κ2) is 6.46. The third-order valence-corrected chi connectivity index (χ3v) is 2.55. The van der Waals surface area contributed by atoms with Crippen LogP contribution in [0.15, 0.2) is 24.3 Å². The summed E-state index contributed by atoms with van der Waals surface area (Å²) in [7, 11) is 0. The largest absolute Gasteiger partial charge is 0.385 e. The highest BCUT2D eigenvalue weighted by Gasteiger charge is 1.98. The SMILES string of the molecule is CCc1ccccc1NCCCC(C)N. The highest BCUT2D eigenvalue weighted by molar-refractivity contribution is 5.50. The Kier molecular flexibility index (Phi) is 5.19. The van der Waals surface area contributed by atoms with Crippen LogP contribution in [0.4, 0.5) is 5.69 Å². The van der Waals surface area contributed by atoms with Crippen LogP contribution in [0.5, 0.6) is 0 Å². The Labute approximate surface area is 92.9 Å². The Balaban J connectivity index is 2.36. The zero-order valence-electron chi connectivity index (χ0n) is 9.79. The van der Waals surface area contributed by atoms with E-state index in [1.54, 1.807) is 0 Å². The predicted octanol–water partition coefficient (Wildman–Crippen LogP) is 2.79. The Morgan fingerprint density at radius 3 is 2.73 bits per heavy atom. The second-order valence-electron chi connectivity index (χ2n) is 4.06. The fraction of sp³-hybridized carbons (Fsp3) is 0.538. The average Bonchev–Trinajstić information content (AvgIpc) is 2.24. The average molecular weight is 206 g/mol. The van der Waals surface area contributed by atoms with Crippen LogP contribution >= 0.6 is 0 Å². The van der Waals surface area contributed by atoms with Crippen molar-refractivity contribution < 1.29 is 0 Å². The number of hydrogen-bond acceptors (Lipinski definition) is 2. The third-order valence-electron chi connectivity index (χ3n) is 2.55. The summed E-state index contributed by atoms with van der Waals surface area (Å²) in [6, 6.07) is 8.80. The zero-order chi connectivity index (χ0) is 11.1. The molecular weight excluding hydrogens is 184 g/mol. The number of benzene rings is 1. The van der Waals surface area contributed by atoms with E-state index in [9.17, 15) is 0 Å². The van der Waals surface area contributed by atoms with Gasteiger partial charge in [-0.2, -0.15) is 0 Å². The molecule has 3 N–H and O–H groups in total. The lowest BCUT2D eigenvalue weighted by atomic mass is 10.1. The lowest BCUT2D eigenvalue weighted by Gasteiger charge is -2.11. The molecule has 2 nitrogen and oxygen atoms in total. The Morgan fingerprint density at radius 1 is 1.33 bits per heavy atom. The molecule has 1 rings (SSSR count). The molecule has 0 aromatic heterocycles. The molecule has 1 atom stereocenters. The molecule has 0 saturated carbocycles. The number of aryl methyl sites for hydroxylation is 1. The van der Waals surface area contributed by atoms with Crippen molar-refractivity contribution in [3.63, 3.8) is 0 Å². The van der Waals surface area contributed by atoms with Crippen LogP contribution in [0.2, 0.25) is 0 Å². The first kappa shape index (κ1) is 12.1. The van der Waals surface area contributed by atoms with Gasteiger partial charge in [0.1, 0.15) is 0 Å². The van der Waals surface area contributed by atoms with E-state index in [-0.39, 0.29) is 0 Å². The molecule has 84 valence electrons. The first-order valence-corrected chi connectivity index (χ1v) is 5.81. The van der Waals surface area contributed by atoms with E-state index in [0.717, 1.165) is 25.8 Å². The summed E-state index contributed by atoms with van der Waals surface area (Å²) in [5.74, 6) is 0. The van der Waals surface area contributed by atoms with Crippen LogP contribution in [-0.4, -0.2) is 12.6 Å².